The normalized spacial score (nSPS) is 19.9. The smallest absolute Gasteiger partial charge is 0.309 e. The van der Waals surface area contributed by atoms with Gasteiger partial charge in [0.2, 0.25) is 0 Å². The van der Waals surface area contributed by atoms with Crippen LogP contribution >= 0.6 is 22.9 Å². The minimum absolute atomic E-state index is 0.210. The molecule has 0 aliphatic carbocycles. The van der Waals surface area contributed by atoms with E-state index in [1.54, 1.807) is 6.07 Å². The number of thiophene rings is 1. The fourth-order valence-corrected chi connectivity index (χ4v) is 5.52. The van der Waals surface area contributed by atoms with Crippen LogP contribution in [-0.4, -0.2) is 36.9 Å². The Hall–Kier alpha value is -0.630. The molecule has 20 heavy (non-hydrogen) atoms. The van der Waals surface area contributed by atoms with Crippen molar-refractivity contribution in [3.05, 3.63) is 16.5 Å². The van der Waals surface area contributed by atoms with E-state index in [-0.39, 0.29) is 17.3 Å². The number of aliphatic carboxylic acids is 1. The van der Waals surface area contributed by atoms with Gasteiger partial charge in [-0.25, -0.2) is 8.42 Å². The first-order valence-electron chi connectivity index (χ1n) is 6.31. The van der Waals surface area contributed by atoms with Crippen LogP contribution in [0, 0.1) is 5.41 Å². The van der Waals surface area contributed by atoms with Gasteiger partial charge in [0, 0.05) is 13.1 Å². The lowest BCUT2D eigenvalue weighted by atomic mass is 9.77. The Bertz CT molecular complexity index is 603. The third-order valence-corrected chi connectivity index (χ3v) is 7.55. The molecule has 0 unspecified atom stereocenters. The van der Waals surface area contributed by atoms with E-state index in [0.717, 1.165) is 11.3 Å². The van der Waals surface area contributed by atoms with Gasteiger partial charge in [-0.1, -0.05) is 18.5 Å². The number of sulfonamides is 1. The van der Waals surface area contributed by atoms with Crippen molar-refractivity contribution in [1.29, 1.82) is 0 Å². The minimum atomic E-state index is -3.55. The highest BCUT2D eigenvalue weighted by Gasteiger charge is 2.42. The molecule has 1 aliphatic heterocycles. The molecule has 1 N–H and O–H groups in total. The molecule has 1 fully saturated rings. The maximum Gasteiger partial charge on any atom is 0.309 e. The first-order valence-corrected chi connectivity index (χ1v) is 8.94. The van der Waals surface area contributed by atoms with Gasteiger partial charge in [-0.15, -0.1) is 11.3 Å². The molecule has 0 radical (unpaired) electrons. The second kappa shape index (κ2) is 5.63. The molecular formula is C12H16ClNO4S2. The van der Waals surface area contributed by atoms with Crippen LogP contribution in [0.2, 0.25) is 4.34 Å². The molecule has 112 valence electrons. The molecule has 1 aromatic heterocycles. The van der Waals surface area contributed by atoms with E-state index in [4.69, 9.17) is 11.6 Å². The first kappa shape index (κ1) is 15.8. The second-order valence-corrected chi connectivity index (χ2v) is 8.78. The number of rotatable bonds is 4. The van der Waals surface area contributed by atoms with Crippen molar-refractivity contribution in [3.63, 3.8) is 0 Å². The Morgan fingerprint density at radius 3 is 2.45 bits per heavy atom. The topological polar surface area (TPSA) is 74.7 Å². The third kappa shape index (κ3) is 2.72. The van der Waals surface area contributed by atoms with Gasteiger partial charge in [0.25, 0.3) is 10.0 Å². The number of hydrogen-bond donors (Lipinski definition) is 1. The monoisotopic (exact) mass is 337 g/mol. The third-order valence-electron chi connectivity index (χ3n) is 3.95. The molecule has 2 rings (SSSR count). The Balaban J connectivity index is 2.16. The Kier molecular flexibility index (Phi) is 4.44. The van der Waals surface area contributed by atoms with E-state index in [1.165, 1.54) is 10.4 Å². The van der Waals surface area contributed by atoms with E-state index >= 15 is 0 Å². The van der Waals surface area contributed by atoms with Crippen molar-refractivity contribution in [2.24, 2.45) is 5.41 Å². The molecule has 0 amide bonds. The fourth-order valence-electron chi connectivity index (χ4n) is 2.44. The standard InChI is InChI=1S/C12H16ClNO4S2/c1-2-12(11(15)16)5-7-14(8-6-12)20(17,18)10-4-3-9(13)19-10/h3-4H,2,5-8H2,1H3,(H,15,16). The number of hydrogen-bond acceptors (Lipinski definition) is 4. The highest BCUT2D eigenvalue weighted by molar-refractivity contribution is 7.91. The lowest BCUT2D eigenvalue weighted by Crippen LogP contribution is -2.46. The van der Waals surface area contributed by atoms with Crippen molar-refractivity contribution in [2.45, 2.75) is 30.4 Å². The molecule has 0 saturated carbocycles. The molecule has 0 bridgehead atoms. The highest BCUT2D eigenvalue weighted by atomic mass is 35.5. The van der Waals surface area contributed by atoms with E-state index < -0.39 is 21.4 Å². The van der Waals surface area contributed by atoms with E-state index in [1.807, 2.05) is 6.92 Å². The van der Waals surface area contributed by atoms with Crippen LogP contribution in [0.1, 0.15) is 26.2 Å². The number of carbonyl (C=O) groups is 1. The van der Waals surface area contributed by atoms with Gasteiger partial charge < -0.3 is 5.11 Å². The Labute approximate surface area is 127 Å². The summed E-state index contributed by atoms with van der Waals surface area (Å²) in [6, 6.07) is 3.04. The van der Waals surface area contributed by atoms with Crippen LogP contribution in [-0.2, 0) is 14.8 Å². The van der Waals surface area contributed by atoms with Crippen LogP contribution in [0.15, 0.2) is 16.3 Å². The van der Waals surface area contributed by atoms with Crippen LogP contribution < -0.4 is 0 Å². The first-order chi connectivity index (χ1) is 9.32. The molecule has 0 atom stereocenters. The maximum absolute atomic E-state index is 12.4. The molecule has 1 saturated heterocycles. The van der Waals surface area contributed by atoms with Gasteiger partial charge in [-0.3, -0.25) is 4.79 Å². The minimum Gasteiger partial charge on any atom is -0.481 e. The van der Waals surface area contributed by atoms with Gasteiger partial charge in [-0.05, 0) is 31.4 Å². The summed E-state index contributed by atoms with van der Waals surface area (Å²) in [5, 5.41) is 9.31. The van der Waals surface area contributed by atoms with E-state index in [9.17, 15) is 18.3 Å². The average Bonchev–Trinajstić information content (AvgIpc) is 2.86. The molecule has 0 aromatic carbocycles. The van der Waals surface area contributed by atoms with Crippen molar-refractivity contribution < 1.29 is 18.3 Å². The summed E-state index contributed by atoms with van der Waals surface area (Å²) in [5.74, 6) is -0.837. The summed E-state index contributed by atoms with van der Waals surface area (Å²) >= 11 is 6.79. The summed E-state index contributed by atoms with van der Waals surface area (Å²) in [4.78, 5) is 11.4. The van der Waals surface area contributed by atoms with Crippen LogP contribution in [0.5, 0.6) is 0 Å². The number of halogens is 1. The Morgan fingerprint density at radius 1 is 1.45 bits per heavy atom. The fraction of sp³-hybridized carbons (Fsp3) is 0.583. The zero-order chi connectivity index (χ0) is 15.0. The van der Waals surface area contributed by atoms with Gasteiger partial charge >= 0.3 is 5.97 Å². The van der Waals surface area contributed by atoms with Gasteiger partial charge in [-0.2, -0.15) is 4.31 Å². The number of carboxylic acid groups (broad SMARTS) is 1. The predicted molar refractivity (Wildman–Crippen MR) is 77.7 cm³/mol. The summed E-state index contributed by atoms with van der Waals surface area (Å²) in [7, 11) is -3.55. The van der Waals surface area contributed by atoms with Crippen molar-refractivity contribution in [3.8, 4) is 0 Å². The molecule has 8 heteroatoms. The zero-order valence-corrected chi connectivity index (χ0v) is 13.4. The summed E-state index contributed by atoms with van der Waals surface area (Å²) in [6.07, 6.45) is 1.20. The van der Waals surface area contributed by atoms with Crippen molar-refractivity contribution in [1.82, 2.24) is 4.31 Å². The molecule has 2 heterocycles. The molecule has 0 spiro atoms. The number of nitrogens with zero attached hydrogens (tertiary/aromatic N) is 1. The molecule has 1 aliphatic rings. The summed E-state index contributed by atoms with van der Waals surface area (Å²) in [5.41, 5.74) is -0.793. The average molecular weight is 338 g/mol. The zero-order valence-electron chi connectivity index (χ0n) is 11.0. The van der Waals surface area contributed by atoms with Crippen LogP contribution in [0.4, 0.5) is 0 Å². The quantitative estimate of drug-likeness (QED) is 0.916. The van der Waals surface area contributed by atoms with Crippen molar-refractivity contribution in [2.75, 3.05) is 13.1 Å². The lowest BCUT2D eigenvalue weighted by molar-refractivity contribution is -0.151. The summed E-state index contributed by atoms with van der Waals surface area (Å²) in [6.45, 7) is 2.30. The second-order valence-electron chi connectivity index (χ2n) is 4.90. The lowest BCUT2D eigenvalue weighted by Gasteiger charge is -2.37. The SMILES string of the molecule is CCC1(C(=O)O)CCN(S(=O)(=O)c2ccc(Cl)s2)CC1. The van der Waals surface area contributed by atoms with Gasteiger partial charge in [0.05, 0.1) is 9.75 Å². The van der Waals surface area contributed by atoms with Gasteiger partial charge in [0.15, 0.2) is 0 Å². The maximum atomic E-state index is 12.4. The number of carboxylic acids is 1. The molecule has 1 aromatic rings. The largest absolute Gasteiger partial charge is 0.481 e. The van der Waals surface area contributed by atoms with Crippen molar-refractivity contribution >= 4 is 38.9 Å². The van der Waals surface area contributed by atoms with Gasteiger partial charge in [0.1, 0.15) is 4.21 Å². The van der Waals surface area contributed by atoms with Crippen LogP contribution in [0.3, 0.4) is 0 Å². The highest BCUT2D eigenvalue weighted by Crippen LogP contribution is 2.38. The summed E-state index contributed by atoms with van der Waals surface area (Å²) < 4.78 is 26.8. The molecular weight excluding hydrogens is 322 g/mol. The Morgan fingerprint density at radius 2 is 2.05 bits per heavy atom. The predicted octanol–water partition coefficient (Wildman–Crippen LogP) is 2.67. The number of piperidine rings is 1. The van der Waals surface area contributed by atoms with E-state index in [2.05, 4.69) is 0 Å². The molecule has 5 nitrogen and oxygen atoms in total. The van der Waals surface area contributed by atoms with Crippen LogP contribution in [0.25, 0.3) is 0 Å². The van der Waals surface area contributed by atoms with E-state index in [0.29, 0.717) is 23.6 Å².